The third-order valence-corrected chi connectivity index (χ3v) is 8.41. The molecule has 0 aliphatic rings. The number of carbonyl (C=O) groups is 2. The molecule has 0 aromatic heterocycles. The number of rotatable bonds is 33. The third kappa shape index (κ3) is 37.0. The Bertz CT molecular complexity index is 1100. The lowest BCUT2D eigenvalue weighted by atomic mass is 10.1. The van der Waals surface area contributed by atoms with Crippen LogP contribution in [0.15, 0.2) is 72.9 Å². The molecule has 0 rings (SSSR count). The lowest BCUT2D eigenvalue weighted by molar-refractivity contribution is -0.870. The number of nitrogens with zero attached hydrogens (tertiary/aromatic N) is 1. The third-order valence-electron chi connectivity index (χ3n) is 7.44. The molecule has 0 amide bonds. The van der Waals surface area contributed by atoms with Gasteiger partial charge in [-0.15, -0.1) is 0 Å². The standard InChI is InChI=1S/C41H70NO8P/c1-6-8-10-12-14-16-18-19-20-21-22-23-24-26-28-30-32-34-41(44)50-39(38-49-51(45,46)48-36-35-42(3,4)5)37-47-40(43)33-31-29-27-25-17-15-13-11-9-7-2/h8,10-11,13-14,16,19-20,22-23,26,28,39H,6-7,9,12,15,17-18,21,24-25,27,29-38H2,1-5H3/b10-8-,13-11-,16-14-,20-19-,23-22-,28-26-. The van der Waals surface area contributed by atoms with Crippen LogP contribution in [-0.2, 0) is 32.7 Å². The molecule has 10 heteroatoms. The lowest BCUT2D eigenvalue weighted by Crippen LogP contribution is -2.37. The minimum absolute atomic E-state index is 0.0466. The van der Waals surface area contributed by atoms with Crippen LogP contribution in [-0.4, -0.2) is 70.0 Å². The molecule has 0 spiro atoms. The van der Waals surface area contributed by atoms with Gasteiger partial charge in [-0.05, 0) is 70.6 Å². The predicted molar refractivity (Wildman–Crippen MR) is 208 cm³/mol. The molecule has 0 saturated carbocycles. The Labute approximate surface area is 310 Å². The first-order chi connectivity index (χ1) is 24.5. The fraction of sp³-hybridized carbons (Fsp3) is 0.659. The Balaban J connectivity index is 4.57. The van der Waals surface area contributed by atoms with Crippen LogP contribution >= 0.6 is 7.82 Å². The van der Waals surface area contributed by atoms with E-state index in [1.54, 1.807) is 0 Å². The number of hydrogen-bond donors (Lipinski definition) is 0. The average Bonchev–Trinajstić information content (AvgIpc) is 3.07. The summed E-state index contributed by atoms with van der Waals surface area (Å²) in [7, 11) is 1.11. The monoisotopic (exact) mass is 735 g/mol. The molecule has 0 bridgehead atoms. The van der Waals surface area contributed by atoms with Crippen molar-refractivity contribution >= 4 is 19.8 Å². The van der Waals surface area contributed by atoms with Crippen LogP contribution in [0.25, 0.3) is 0 Å². The Morgan fingerprint density at radius 1 is 0.627 bits per heavy atom. The van der Waals surface area contributed by atoms with Crippen molar-refractivity contribution in [1.82, 2.24) is 0 Å². The topological polar surface area (TPSA) is 111 Å². The highest BCUT2D eigenvalue weighted by molar-refractivity contribution is 7.45. The second-order valence-corrected chi connectivity index (χ2v) is 15.0. The summed E-state index contributed by atoms with van der Waals surface area (Å²) in [5.41, 5.74) is 0. The molecular formula is C41H70NO8P. The van der Waals surface area contributed by atoms with Gasteiger partial charge in [0.25, 0.3) is 7.82 Å². The smallest absolute Gasteiger partial charge is 0.306 e. The number of quaternary nitrogens is 1. The van der Waals surface area contributed by atoms with Gasteiger partial charge in [0.1, 0.15) is 19.8 Å². The van der Waals surface area contributed by atoms with Gasteiger partial charge in [0.05, 0.1) is 27.7 Å². The van der Waals surface area contributed by atoms with Gasteiger partial charge in [-0.2, -0.15) is 0 Å². The van der Waals surface area contributed by atoms with Crippen molar-refractivity contribution in [2.24, 2.45) is 0 Å². The number of phosphoric acid groups is 1. The molecule has 2 unspecified atom stereocenters. The molecule has 0 radical (unpaired) electrons. The largest absolute Gasteiger partial charge is 0.756 e. The number of unbranched alkanes of at least 4 members (excludes halogenated alkanes) is 7. The highest BCUT2D eigenvalue weighted by Crippen LogP contribution is 2.38. The number of allylic oxidation sites excluding steroid dienone is 12. The summed E-state index contributed by atoms with van der Waals surface area (Å²) in [6.07, 6.45) is 39.5. The summed E-state index contributed by atoms with van der Waals surface area (Å²) in [5.74, 6) is -0.926. The van der Waals surface area contributed by atoms with E-state index < -0.39 is 32.5 Å². The molecule has 51 heavy (non-hydrogen) atoms. The molecule has 0 saturated heterocycles. The van der Waals surface area contributed by atoms with E-state index >= 15 is 0 Å². The van der Waals surface area contributed by atoms with Crippen LogP contribution < -0.4 is 4.89 Å². The minimum Gasteiger partial charge on any atom is -0.756 e. The molecule has 0 aromatic rings. The number of ether oxygens (including phenoxy) is 2. The van der Waals surface area contributed by atoms with E-state index in [9.17, 15) is 19.0 Å². The normalized spacial score (nSPS) is 14.5. The molecule has 0 fully saturated rings. The minimum atomic E-state index is -4.64. The lowest BCUT2D eigenvalue weighted by Gasteiger charge is -2.28. The fourth-order valence-corrected chi connectivity index (χ4v) is 5.18. The number of likely N-dealkylation sites (N-methyl/N-ethyl adjacent to an activating group) is 1. The number of carbonyl (C=O) groups excluding carboxylic acids is 2. The highest BCUT2D eigenvalue weighted by Gasteiger charge is 2.21. The second-order valence-electron chi connectivity index (χ2n) is 13.6. The zero-order chi connectivity index (χ0) is 37.9. The summed E-state index contributed by atoms with van der Waals surface area (Å²) in [4.78, 5) is 37.3. The first-order valence-electron chi connectivity index (χ1n) is 19.1. The van der Waals surface area contributed by atoms with Gasteiger partial charge >= 0.3 is 11.9 Å². The van der Waals surface area contributed by atoms with Crippen molar-refractivity contribution in [3.63, 3.8) is 0 Å². The maximum absolute atomic E-state index is 12.6. The molecule has 0 heterocycles. The van der Waals surface area contributed by atoms with Crippen molar-refractivity contribution in [3.05, 3.63) is 72.9 Å². The summed E-state index contributed by atoms with van der Waals surface area (Å²) < 4.78 is 33.6. The van der Waals surface area contributed by atoms with E-state index in [1.807, 2.05) is 27.2 Å². The molecule has 0 aliphatic carbocycles. The van der Waals surface area contributed by atoms with E-state index in [0.717, 1.165) is 70.6 Å². The maximum Gasteiger partial charge on any atom is 0.306 e. The van der Waals surface area contributed by atoms with Crippen molar-refractivity contribution in [3.8, 4) is 0 Å². The van der Waals surface area contributed by atoms with Gasteiger partial charge in [0.15, 0.2) is 6.10 Å². The summed E-state index contributed by atoms with van der Waals surface area (Å²) in [5, 5.41) is 0. The Kier molecular flexibility index (Phi) is 31.6. The van der Waals surface area contributed by atoms with E-state index in [0.29, 0.717) is 30.3 Å². The van der Waals surface area contributed by atoms with Crippen molar-refractivity contribution in [2.75, 3.05) is 47.5 Å². The van der Waals surface area contributed by atoms with Gasteiger partial charge in [0.2, 0.25) is 0 Å². The van der Waals surface area contributed by atoms with Crippen molar-refractivity contribution in [2.45, 2.75) is 129 Å². The molecule has 0 N–H and O–H groups in total. The first kappa shape index (κ1) is 48.5. The Morgan fingerprint density at radius 3 is 1.75 bits per heavy atom. The number of hydrogen-bond acceptors (Lipinski definition) is 8. The molecule has 0 aliphatic heterocycles. The van der Waals surface area contributed by atoms with E-state index in [2.05, 4.69) is 80.7 Å². The summed E-state index contributed by atoms with van der Waals surface area (Å²) in [6.45, 7) is 3.93. The Hall–Kier alpha value is -2.55. The van der Waals surface area contributed by atoms with Crippen LogP contribution in [0.2, 0.25) is 0 Å². The van der Waals surface area contributed by atoms with Crippen molar-refractivity contribution < 1.29 is 42.1 Å². The van der Waals surface area contributed by atoms with Gasteiger partial charge < -0.3 is 27.9 Å². The highest BCUT2D eigenvalue weighted by atomic mass is 31.2. The Morgan fingerprint density at radius 2 is 1.14 bits per heavy atom. The number of esters is 2. The SMILES string of the molecule is CC/C=C\C/C=C\C/C=C\C/C=C\C/C=C\CCCC(=O)OC(COC(=O)CCCCCCC/C=C\CCC)COP(=O)([O-])OCC[N+](C)(C)C. The molecule has 292 valence electrons. The fourth-order valence-electron chi connectivity index (χ4n) is 4.45. The van der Waals surface area contributed by atoms with Crippen LogP contribution in [0.3, 0.4) is 0 Å². The zero-order valence-electron chi connectivity index (χ0n) is 32.5. The van der Waals surface area contributed by atoms with Crippen LogP contribution in [0.4, 0.5) is 0 Å². The second kappa shape index (κ2) is 33.3. The number of phosphoric ester groups is 1. The van der Waals surface area contributed by atoms with E-state index in [-0.39, 0.29) is 26.1 Å². The van der Waals surface area contributed by atoms with E-state index in [1.165, 1.54) is 6.42 Å². The quantitative estimate of drug-likeness (QED) is 0.0215. The van der Waals surface area contributed by atoms with Crippen LogP contribution in [0.1, 0.15) is 123 Å². The van der Waals surface area contributed by atoms with Gasteiger partial charge in [-0.3, -0.25) is 14.2 Å². The molecule has 2 atom stereocenters. The van der Waals surface area contributed by atoms with Crippen LogP contribution in [0.5, 0.6) is 0 Å². The van der Waals surface area contributed by atoms with Crippen molar-refractivity contribution in [1.29, 1.82) is 0 Å². The first-order valence-corrected chi connectivity index (χ1v) is 20.6. The summed E-state index contributed by atoms with van der Waals surface area (Å²) in [6, 6.07) is 0. The van der Waals surface area contributed by atoms with Gasteiger partial charge in [-0.1, -0.05) is 112 Å². The zero-order valence-corrected chi connectivity index (χ0v) is 33.4. The summed E-state index contributed by atoms with van der Waals surface area (Å²) >= 11 is 0. The maximum atomic E-state index is 12.6. The van der Waals surface area contributed by atoms with Crippen LogP contribution in [0, 0.1) is 0 Å². The molecule has 0 aromatic carbocycles. The predicted octanol–water partition coefficient (Wildman–Crippen LogP) is 9.66. The molecule has 9 nitrogen and oxygen atoms in total. The van der Waals surface area contributed by atoms with Gasteiger partial charge in [0, 0.05) is 12.8 Å². The average molecular weight is 736 g/mol. The van der Waals surface area contributed by atoms with E-state index in [4.69, 9.17) is 18.5 Å². The van der Waals surface area contributed by atoms with Gasteiger partial charge in [-0.25, -0.2) is 0 Å². The molecular weight excluding hydrogens is 665 g/mol.